The summed E-state index contributed by atoms with van der Waals surface area (Å²) in [5.41, 5.74) is 0.250. The molecule has 0 aliphatic carbocycles. The molecule has 1 radical (unpaired) electrons. The van der Waals surface area contributed by atoms with Crippen molar-refractivity contribution in [1.82, 2.24) is 0 Å². The summed E-state index contributed by atoms with van der Waals surface area (Å²) >= 11 is 0. The number of hydrogen-bond acceptors (Lipinski definition) is 1. The molecule has 0 aromatic rings. The lowest BCUT2D eigenvalue weighted by molar-refractivity contribution is 0.00720. The summed E-state index contributed by atoms with van der Waals surface area (Å²) in [6, 6.07) is 0. The Morgan fingerprint density at radius 3 is 2.14 bits per heavy atom. The summed E-state index contributed by atoms with van der Waals surface area (Å²) in [5, 5.41) is 0. The lowest BCUT2D eigenvalue weighted by atomic mass is 9.73. The Morgan fingerprint density at radius 1 is 1.29 bits per heavy atom. The van der Waals surface area contributed by atoms with E-state index in [0.29, 0.717) is 0 Å². The van der Waals surface area contributed by atoms with E-state index in [4.69, 9.17) is 11.3 Å². The van der Waals surface area contributed by atoms with Gasteiger partial charge in [0.2, 0.25) is 0 Å². The van der Waals surface area contributed by atoms with Crippen LogP contribution in [0.15, 0.2) is 6.08 Å². The van der Waals surface area contributed by atoms with Crippen LogP contribution in [0.2, 0.25) is 0 Å². The van der Waals surface area contributed by atoms with Gasteiger partial charge in [-0.3, -0.25) is 0 Å². The van der Waals surface area contributed by atoms with Gasteiger partial charge in [0.15, 0.2) is 0 Å². The lowest BCUT2D eigenvalue weighted by Crippen LogP contribution is -2.34. The molecule has 1 nitrogen and oxygen atoms in total. The van der Waals surface area contributed by atoms with Crippen LogP contribution in [-0.4, -0.2) is 13.2 Å². The molecule has 0 aromatic carbocycles. The van der Waals surface area contributed by atoms with E-state index in [1.807, 2.05) is 0 Å². The van der Waals surface area contributed by atoms with Gasteiger partial charge in [0.1, 0.15) is 0 Å². The molecule has 1 atom stereocenters. The van der Waals surface area contributed by atoms with Crippen LogP contribution in [0.3, 0.4) is 0 Å². The van der Waals surface area contributed by atoms with Gasteiger partial charge in [-0.25, -0.2) is 0 Å². The Hall–Kier alpha value is -0.300. The molecule has 0 amide bonds. The first-order chi connectivity index (χ1) is 6.70. The van der Waals surface area contributed by atoms with Crippen LogP contribution in [0.1, 0.15) is 52.9 Å². The van der Waals surface area contributed by atoms with E-state index >= 15 is 0 Å². The Bertz CT molecular complexity index is 147. The Labute approximate surface area is 89.5 Å². The monoisotopic (exact) mass is 197 g/mol. The maximum absolute atomic E-state index is 5.64. The zero-order chi connectivity index (χ0) is 11.0. The summed E-state index contributed by atoms with van der Waals surface area (Å²) in [6.45, 7) is 12.3. The summed E-state index contributed by atoms with van der Waals surface area (Å²) < 4.78 is 5.46. The minimum absolute atomic E-state index is 0.101. The molecule has 0 fully saturated rings. The summed E-state index contributed by atoms with van der Waals surface area (Å²) in [4.78, 5) is 0. The maximum Gasteiger partial charge on any atom is 0.0811 e. The van der Waals surface area contributed by atoms with Crippen molar-refractivity contribution >= 4 is 0 Å². The van der Waals surface area contributed by atoms with E-state index in [1.54, 1.807) is 13.2 Å². The highest BCUT2D eigenvalue weighted by atomic mass is 16.5. The van der Waals surface area contributed by atoms with E-state index in [9.17, 15) is 0 Å². The number of ether oxygens (including phenoxy) is 1. The first kappa shape index (κ1) is 13.7. The van der Waals surface area contributed by atoms with Crippen LogP contribution < -0.4 is 0 Å². The van der Waals surface area contributed by atoms with Crippen LogP contribution in [-0.2, 0) is 4.74 Å². The standard InChI is InChI=1S/C13H25O/c1-6-10-11-13(8-3,9-4)12(7-2)14-5/h2,7,12H,6,8-11H2,1,3-5H3. The third kappa shape index (κ3) is 3.13. The van der Waals surface area contributed by atoms with E-state index in [0.717, 1.165) is 12.8 Å². The quantitative estimate of drug-likeness (QED) is 0.571. The van der Waals surface area contributed by atoms with Crippen molar-refractivity contribution in [3.05, 3.63) is 12.7 Å². The second kappa shape index (κ2) is 7.05. The third-order valence-corrected chi connectivity index (χ3v) is 3.47. The molecular formula is C13H25O. The number of methoxy groups -OCH3 is 1. The van der Waals surface area contributed by atoms with Crippen LogP contribution in [0.25, 0.3) is 0 Å². The predicted molar refractivity (Wildman–Crippen MR) is 62.2 cm³/mol. The fourth-order valence-corrected chi connectivity index (χ4v) is 2.21. The maximum atomic E-state index is 5.64. The van der Waals surface area contributed by atoms with Gasteiger partial charge in [-0.2, -0.15) is 0 Å². The highest BCUT2D eigenvalue weighted by Crippen LogP contribution is 2.38. The zero-order valence-electron chi connectivity index (χ0n) is 10.2. The Balaban J connectivity index is 4.55. The molecule has 1 heteroatoms. The average Bonchev–Trinajstić information content (AvgIpc) is 2.24. The van der Waals surface area contributed by atoms with Crippen molar-refractivity contribution in [2.24, 2.45) is 5.41 Å². The van der Waals surface area contributed by atoms with Gasteiger partial charge in [-0.1, -0.05) is 46.3 Å². The van der Waals surface area contributed by atoms with Gasteiger partial charge in [0.05, 0.1) is 6.10 Å². The lowest BCUT2D eigenvalue weighted by Gasteiger charge is -2.37. The zero-order valence-corrected chi connectivity index (χ0v) is 10.2. The van der Waals surface area contributed by atoms with Gasteiger partial charge in [0, 0.05) is 7.11 Å². The normalized spacial score (nSPS) is 14.0. The highest BCUT2D eigenvalue weighted by molar-refractivity contribution is 4.94. The summed E-state index contributed by atoms with van der Waals surface area (Å²) in [5.74, 6) is 0. The van der Waals surface area contributed by atoms with Crippen molar-refractivity contribution in [3.8, 4) is 0 Å². The Kier molecular flexibility index (Phi) is 6.90. The number of unbranched alkanes of at least 4 members (excludes halogenated alkanes) is 1. The molecule has 0 saturated heterocycles. The van der Waals surface area contributed by atoms with Crippen molar-refractivity contribution in [1.29, 1.82) is 0 Å². The van der Waals surface area contributed by atoms with Crippen molar-refractivity contribution in [2.45, 2.75) is 59.0 Å². The molecule has 0 aliphatic heterocycles. The Morgan fingerprint density at radius 2 is 1.86 bits per heavy atom. The minimum Gasteiger partial charge on any atom is -0.377 e. The largest absolute Gasteiger partial charge is 0.377 e. The second-order valence-corrected chi connectivity index (χ2v) is 4.02. The topological polar surface area (TPSA) is 9.23 Å². The first-order valence-corrected chi connectivity index (χ1v) is 5.78. The number of rotatable bonds is 8. The molecule has 0 heterocycles. The molecule has 0 N–H and O–H groups in total. The molecule has 0 bridgehead atoms. The molecular weight excluding hydrogens is 172 g/mol. The van der Waals surface area contributed by atoms with Gasteiger partial charge in [-0.15, -0.1) is 0 Å². The molecule has 0 aliphatic rings. The summed E-state index contributed by atoms with van der Waals surface area (Å²) in [7, 11) is 1.75. The average molecular weight is 197 g/mol. The van der Waals surface area contributed by atoms with E-state index in [1.165, 1.54) is 19.3 Å². The third-order valence-electron chi connectivity index (χ3n) is 3.47. The van der Waals surface area contributed by atoms with Crippen molar-refractivity contribution < 1.29 is 4.74 Å². The van der Waals surface area contributed by atoms with Gasteiger partial charge in [-0.05, 0) is 24.7 Å². The van der Waals surface area contributed by atoms with E-state index < -0.39 is 0 Å². The van der Waals surface area contributed by atoms with Crippen LogP contribution in [0.4, 0.5) is 0 Å². The number of hydrogen-bond donors (Lipinski definition) is 0. The molecule has 14 heavy (non-hydrogen) atoms. The summed E-state index contributed by atoms with van der Waals surface area (Å²) in [6.07, 6.45) is 7.79. The van der Waals surface area contributed by atoms with Gasteiger partial charge < -0.3 is 4.74 Å². The fourth-order valence-electron chi connectivity index (χ4n) is 2.21. The SMILES string of the molecule is [CH]=CC(OC)C(CC)(CC)CCCC. The second-order valence-electron chi connectivity index (χ2n) is 4.02. The molecule has 0 saturated carbocycles. The van der Waals surface area contributed by atoms with Gasteiger partial charge >= 0.3 is 0 Å². The van der Waals surface area contributed by atoms with Crippen molar-refractivity contribution in [2.75, 3.05) is 7.11 Å². The van der Waals surface area contributed by atoms with Gasteiger partial charge in [0.25, 0.3) is 0 Å². The first-order valence-electron chi connectivity index (χ1n) is 5.78. The molecule has 83 valence electrons. The van der Waals surface area contributed by atoms with Crippen LogP contribution >= 0.6 is 0 Å². The van der Waals surface area contributed by atoms with E-state index in [2.05, 4.69) is 20.8 Å². The van der Waals surface area contributed by atoms with Crippen LogP contribution in [0.5, 0.6) is 0 Å². The van der Waals surface area contributed by atoms with E-state index in [-0.39, 0.29) is 11.5 Å². The van der Waals surface area contributed by atoms with Crippen molar-refractivity contribution in [3.63, 3.8) is 0 Å². The molecule has 0 rings (SSSR count). The smallest absolute Gasteiger partial charge is 0.0811 e. The fraction of sp³-hybridized carbons (Fsp3) is 0.846. The van der Waals surface area contributed by atoms with Crippen LogP contribution in [0, 0.1) is 12.0 Å². The molecule has 0 aromatic heterocycles. The molecule has 0 spiro atoms. The molecule has 1 unspecified atom stereocenters. The highest BCUT2D eigenvalue weighted by Gasteiger charge is 2.33. The minimum atomic E-state index is 0.101. The predicted octanol–water partition coefficient (Wildman–Crippen LogP) is 3.99.